The molecule has 3 atom stereocenters. The number of carbonyl (C=O) groups excluding carboxylic acids is 1. The summed E-state index contributed by atoms with van der Waals surface area (Å²) in [4.78, 5) is 25.4. The average molecular weight is 853 g/mol. The van der Waals surface area contributed by atoms with Crippen molar-refractivity contribution in [1.82, 2.24) is 5.32 Å². The highest BCUT2D eigenvalue weighted by Gasteiger charge is 2.23. The van der Waals surface area contributed by atoms with Gasteiger partial charge in [-0.1, -0.05) is 198 Å². The van der Waals surface area contributed by atoms with Crippen molar-refractivity contribution >= 4 is 13.7 Å². The molecule has 59 heavy (non-hydrogen) atoms. The number of allylic oxidation sites excluding steroid dienone is 5. The lowest BCUT2D eigenvalue weighted by Crippen LogP contribution is -2.45. The molecule has 0 saturated carbocycles. The van der Waals surface area contributed by atoms with Crippen LogP contribution in [-0.4, -0.2) is 68.5 Å². The third-order valence-corrected chi connectivity index (χ3v) is 12.0. The summed E-state index contributed by atoms with van der Waals surface area (Å²) < 4.78 is 23.2. The number of likely N-dealkylation sites (N-methyl/N-ethyl adjacent to an activating group) is 1. The smallest absolute Gasteiger partial charge is 0.268 e. The van der Waals surface area contributed by atoms with Gasteiger partial charge in [-0.25, -0.2) is 0 Å². The van der Waals surface area contributed by atoms with Crippen LogP contribution in [0.15, 0.2) is 36.5 Å². The van der Waals surface area contributed by atoms with Crippen molar-refractivity contribution in [3.63, 3.8) is 0 Å². The second-order valence-corrected chi connectivity index (χ2v) is 19.6. The van der Waals surface area contributed by atoms with Crippen molar-refractivity contribution < 1.29 is 32.9 Å². The number of phosphoric ester groups is 1. The first kappa shape index (κ1) is 57.7. The number of carbonyl (C=O) groups is 1. The molecular weight excluding hydrogens is 756 g/mol. The molecule has 0 radical (unpaired) electrons. The zero-order valence-corrected chi connectivity index (χ0v) is 40.4. The number of hydrogen-bond acceptors (Lipinski definition) is 6. The third kappa shape index (κ3) is 44.6. The van der Waals surface area contributed by atoms with Crippen LogP contribution in [0.4, 0.5) is 0 Å². The van der Waals surface area contributed by atoms with E-state index in [4.69, 9.17) is 9.05 Å². The Morgan fingerprint density at radius 1 is 0.576 bits per heavy atom. The quantitative estimate of drug-likeness (QED) is 0.0273. The Kier molecular flexibility index (Phi) is 41.1. The summed E-state index contributed by atoms with van der Waals surface area (Å²) in [6.45, 7) is 4.63. The topological polar surface area (TPSA) is 108 Å². The Balaban J connectivity index is 4.39. The van der Waals surface area contributed by atoms with Gasteiger partial charge in [0.1, 0.15) is 13.2 Å². The van der Waals surface area contributed by atoms with Crippen molar-refractivity contribution in [2.24, 2.45) is 0 Å². The van der Waals surface area contributed by atoms with E-state index in [-0.39, 0.29) is 12.5 Å². The van der Waals surface area contributed by atoms with E-state index in [0.29, 0.717) is 17.4 Å². The molecule has 0 aromatic heterocycles. The number of phosphoric acid groups is 1. The molecule has 8 nitrogen and oxygen atoms in total. The van der Waals surface area contributed by atoms with Gasteiger partial charge in [-0.3, -0.25) is 9.36 Å². The van der Waals surface area contributed by atoms with Crippen LogP contribution in [0.5, 0.6) is 0 Å². The molecule has 0 heterocycles. The van der Waals surface area contributed by atoms with E-state index in [9.17, 15) is 19.4 Å². The lowest BCUT2D eigenvalue weighted by molar-refractivity contribution is -0.870. The molecule has 0 fully saturated rings. The molecule has 0 aromatic carbocycles. The number of nitrogens with zero attached hydrogens (tertiary/aromatic N) is 1. The van der Waals surface area contributed by atoms with Crippen molar-refractivity contribution in [1.29, 1.82) is 0 Å². The SMILES string of the molecule is CCCCCCCCCC/C=C\CCCCCCCCCC(=O)NC(COP(=O)([O-])OCC[N+](C)(C)C)C(O)/C=C/CC/C=C/CCCCCCCCCCCCCC. The summed E-state index contributed by atoms with van der Waals surface area (Å²) >= 11 is 0. The molecule has 0 bridgehead atoms. The number of rotatable bonds is 45. The normalized spacial score (nSPS) is 14.5. The van der Waals surface area contributed by atoms with E-state index in [2.05, 4.69) is 43.5 Å². The molecule has 9 heteroatoms. The van der Waals surface area contributed by atoms with E-state index >= 15 is 0 Å². The molecule has 348 valence electrons. The van der Waals surface area contributed by atoms with Crippen LogP contribution >= 0.6 is 7.82 Å². The van der Waals surface area contributed by atoms with Crippen LogP contribution in [0, 0.1) is 0 Å². The Hall–Kier alpha value is -1.28. The summed E-state index contributed by atoms with van der Waals surface area (Å²) in [6, 6.07) is -0.904. The minimum Gasteiger partial charge on any atom is -0.756 e. The maximum Gasteiger partial charge on any atom is 0.268 e. The van der Waals surface area contributed by atoms with Crippen LogP contribution < -0.4 is 10.2 Å². The fourth-order valence-electron chi connectivity index (χ4n) is 7.10. The largest absolute Gasteiger partial charge is 0.756 e. The minimum atomic E-state index is -4.60. The monoisotopic (exact) mass is 853 g/mol. The Bertz CT molecular complexity index is 1060. The van der Waals surface area contributed by atoms with Gasteiger partial charge in [0.2, 0.25) is 5.91 Å². The second kappa shape index (κ2) is 42.0. The van der Waals surface area contributed by atoms with E-state index in [1.54, 1.807) is 6.08 Å². The zero-order chi connectivity index (χ0) is 43.6. The number of unbranched alkanes of at least 4 members (excludes halogenated alkanes) is 28. The lowest BCUT2D eigenvalue weighted by atomic mass is 10.0. The first-order valence-electron chi connectivity index (χ1n) is 24.9. The first-order valence-corrected chi connectivity index (χ1v) is 26.3. The Morgan fingerprint density at radius 2 is 0.949 bits per heavy atom. The summed E-state index contributed by atoms with van der Waals surface area (Å²) in [5, 5.41) is 13.8. The van der Waals surface area contributed by atoms with Gasteiger partial charge in [-0.15, -0.1) is 0 Å². The predicted molar refractivity (Wildman–Crippen MR) is 251 cm³/mol. The van der Waals surface area contributed by atoms with Crippen molar-refractivity contribution in [2.45, 2.75) is 238 Å². The highest BCUT2D eigenvalue weighted by atomic mass is 31.2. The van der Waals surface area contributed by atoms with E-state index in [1.807, 2.05) is 27.2 Å². The molecule has 0 rings (SSSR count). The molecule has 3 unspecified atom stereocenters. The van der Waals surface area contributed by atoms with Crippen LogP contribution in [0.25, 0.3) is 0 Å². The maximum absolute atomic E-state index is 12.9. The second-order valence-electron chi connectivity index (χ2n) is 18.2. The lowest BCUT2D eigenvalue weighted by Gasteiger charge is -2.29. The fourth-order valence-corrected chi connectivity index (χ4v) is 7.83. The molecular formula is C50H97N2O6P. The number of aliphatic hydroxyl groups is 1. The van der Waals surface area contributed by atoms with Gasteiger partial charge in [0, 0.05) is 6.42 Å². The fraction of sp³-hybridized carbons (Fsp3) is 0.860. The molecule has 1 amide bonds. The van der Waals surface area contributed by atoms with E-state index in [1.165, 1.54) is 167 Å². The summed E-state index contributed by atoms with van der Waals surface area (Å²) in [7, 11) is 1.24. The molecule has 0 aliphatic heterocycles. The van der Waals surface area contributed by atoms with Crippen LogP contribution in [0.2, 0.25) is 0 Å². The number of aliphatic hydroxyl groups excluding tert-OH is 1. The van der Waals surface area contributed by atoms with E-state index in [0.717, 1.165) is 38.5 Å². The molecule has 0 aliphatic rings. The number of nitrogens with one attached hydrogen (secondary N) is 1. The van der Waals surface area contributed by atoms with Gasteiger partial charge in [0.15, 0.2) is 0 Å². The number of amides is 1. The highest BCUT2D eigenvalue weighted by molar-refractivity contribution is 7.45. The van der Waals surface area contributed by atoms with Gasteiger partial charge >= 0.3 is 0 Å². The molecule has 0 aliphatic carbocycles. The van der Waals surface area contributed by atoms with Gasteiger partial charge in [-0.2, -0.15) is 0 Å². The minimum absolute atomic E-state index is 0.00691. The molecule has 0 saturated heterocycles. The van der Waals surface area contributed by atoms with Gasteiger partial charge in [0.25, 0.3) is 7.82 Å². The summed E-state index contributed by atoms with van der Waals surface area (Å²) in [5.74, 6) is -0.211. The molecule has 0 spiro atoms. The van der Waals surface area contributed by atoms with Crippen LogP contribution in [-0.2, 0) is 18.4 Å². The predicted octanol–water partition coefficient (Wildman–Crippen LogP) is 13.6. The Morgan fingerprint density at radius 3 is 1.37 bits per heavy atom. The van der Waals surface area contributed by atoms with E-state index < -0.39 is 26.6 Å². The van der Waals surface area contributed by atoms with Crippen molar-refractivity contribution in [3.8, 4) is 0 Å². The highest BCUT2D eigenvalue weighted by Crippen LogP contribution is 2.38. The van der Waals surface area contributed by atoms with Gasteiger partial charge in [0.05, 0.1) is 39.9 Å². The molecule has 0 aromatic rings. The third-order valence-electron chi connectivity index (χ3n) is 11.1. The summed E-state index contributed by atoms with van der Waals surface area (Å²) in [5.41, 5.74) is 0. The van der Waals surface area contributed by atoms with Gasteiger partial charge < -0.3 is 28.8 Å². The van der Waals surface area contributed by atoms with Crippen LogP contribution in [0.3, 0.4) is 0 Å². The van der Waals surface area contributed by atoms with Crippen molar-refractivity contribution in [3.05, 3.63) is 36.5 Å². The number of hydrogen-bond donors (Lipinski definition) is 2. The van der Waals surface area contributed by atoms with Gasteiger partial charge in [-0.05, 0) is 57.8 Å². The number of quaternary nitrogens is 1. The van der Waals surface area contributed by atoms with Crippen molar-refractivity contribution in [2.75, 3.05) is 40.9 Å². The molecule has 2 N–H and O–H groups in total. The first-order chi connectivity index (χ1) is 28.5. The Labute approximate surface area is 366 Å². The standard InChI is InChI=1S/C50H97N2O6P/c1-6-8-10-12-14-16-18-20-22-24-26-28-30-32-34-36-38-40-42-44-50(54)51-48(47-58-59(55,56)57-46-45-52(3,4)5)49(53)43-41-39-37-35-33-31-29-27-25-23-21-19-17-15-13-11-9-7-2/h24,26,33,35,41,43,48-49,53H,6-23,25,27-32,34,36-40,42,44-47H2,1-5H3,(H-,51,54,55,56)/b26-24-,35-33+,43-41+. The zero-order valence-electron chi connectivity index (χ0n) is 39.5. The van der Waals surface area contributed by atoms with Crippen LogP contribution in [0.1, 0.15) is 226 Å². The summed E-state index contributed by atoms with van der Waals surface area (Å²) in [6.07, 6.45) is 52.0. The maximum atomic E-state index is 12.9. The average Bonchev–Trinajstić information content (AvgIpc) is 3.19.